The van der Waals surface area contributed by atoms with Gasteiger partial charge in [0.15, 0.2) is 0 Å². The fourth-order valence-corrected chi connectivity index (χ4v) is 1.21. The van der Waals surface area contributed by atoms with Crippen LogP contribution in [0.4, 0.5) is 0 Å². The molecule has 4 nitrogen and oxygen atoms in total. The number of hydrogen-bond acceptors (Lipinski definition) is 4. The molecule has 0 saturated heterocycles. The summed E-state index contributed by atoms with van der Waals surface area (Å²) in [4.78, 5) is 4.05. The summed E-state index contributed by atoms with van der Waals surface area (Å²) in [5.74, 6) is 0.682. The Morgan fingerprint density at radius 2 is 2.42 bits per heavy atom. The second-order valence-electron chi connectivity index (χ2n) is 2.08. The van der Waals surface area contributed by atoms with Gasteiger partial charge in [-0.15, -0.1) is 17.1 Å². The van der Waals surface area contributed by atoms with Gasteiger partial charge in [-0.3, -0.25) is 14.0 Å². The van der Waals surface area contributed by atoms with Crippen LogP contribution >= 0.6 is 11.5 Å². The third kappa shape index (κ3) is 1.77. The Morgan fingerprint density at radius 3 is 2.92 bits per heavy atom. The molecule has 12 heavy (non-hydrogen) atoms. The first-order valence-electron chi connectivity index (χ1n) is 3.04. The molecular formula is C6H5IrN4S-. The van der Waals surface area contributed by atoms with Crippen LogP contribution in [0.25, 0.3) is 11.4 Å². The van der Waals surface area contributed by atoms with Crippen molar-refractivity contribution in [2.75, 3.05) is 0 Å². The molecule has 0 aliphatic carbocycles. The van der Waals surface area contributed by atoms with Crippen molar-refractivity contribution in [2.24, 2.45) is 7.05 Å². The second-order valence-corrected chi connectivity index (χ2v) is 2.71. The van der Waals surface area contributed by atoms with Crippen molar-refractivity contribution in [3.63, 3.8) is 0 Å². The van der Waals surface area contributed by atoms with E-state index in [1.807, 2.05) is 12.4 Å². The van der Waals surface area contributed by atoms with Crippen LogP contribution in [0.15, 0.2) is 11.7 Å². The van der Waals surface area contributed by atoms with E-state index in [2.05, 4.69) is 20.7 Å². The molecule has 2 heterocycles. The van der Waals surface area contributed by atoms with Crippen molar-refractivity contribution >= 4 is 11.5 Å². The van der Waals surface area contributed by atoms with Crippen LogP contribution in [-0.2, 0) is 27.2 Å². The molecule has 1 radical (unpaired) electrons. The van der Waals surface area contributed by atoms with Gasteiger partial charge in [-0.05, 0) is 0 Å². The molecule has 0 aliphatic heterocycles. The van der Waals surface area contributed by atoms with Crippen molar-refractivity contribution in [3.05, 3.63) is 17.9 Å². The first kappa shape index (κ1) is 9.51. The smallest absolute Gasteiger partial charge is 0.0986 e. The minimum atomic E-state index is 0. The zero-order valence-corrected chi connectivity index (χ0v) is 9.40. The molecule has 0 fully saturated rings. The molecule has 0 atom stereocenters. The SMILES string of the molecule is Cn1cnc(-c2[c-]nsc2)n1.[Ir]. The van der Waals surface area contributed by atoms with Gasteiger partial charge in [-0.1, -0.05) is 11.6 Å². The predicted octanol–water partition coefficient (Wildman–Crippen LogP) is 0.736. The van der Waals surface area contributed by atoms with E-state index in [1.165, 1.54) is 11.5 Å². The molecule has 0 unspecified atom stereocenters. The third-order valence-corrected chi connectivity index (χ3v) is 1.77. The molecular weight excluding hydrogens is 352 g/mol. The molecule has 0 N–H and O–H groups in total. The van der Waals surface area contributed by atoms with Crippen molar-refractivity contribution < 1.29 is 20.1 Å². The van der Waals surface area contributed by atoms with Crippen LogP contribution in [0, 0.1) is 6.20 Å². The number of rotatable bonds is 1. The largest absolute Gasteiger partial charge is 0.282 e. The topological polar surface area (TPSA) is 43.6 Å². The maximum absolute atomic E-state index is 4.09. The Hall–Kier alpha value is -0.581. The summed E-state index contributed by atoms with van der Waals surface area (Å²) in [5.41, 5.74) is 0.857. The maximum Gasteiger partial charge on any atom is 0.0986 e. The Labute approximate surface area is 87.2 Å². The summed E-state index contributed by atoms with van der Waals surface area (Å²) in [7, 11) is 1.83. The van der Waals surface area contributed by atoms with Crippen molar-refractivity contribution in [3.8, 4) is 11.4 Å². The van der Waals surface area contributed by atoms with Crippen molar-refractivity contribution in [1.82, 2.24) is 19.1 Å². The minimum absolute atomic E-state index is 0. The van der Waals surface area contributed by atoms with E-state index in [0.29, 0.717) is 5.82 Å². The van der Waals surface area contributed by atoms with Crippen LogP contribution in [0.3, 0.4) is 0 Å². The number of hydrogen-bond donors (Lipinski definition) is 0. The number of aromatic nitrogens is 4. The first-order chi connectivity index (χ1) is 5.36. The molecule has 6 heteroatoms. The molecule has 0 amide bonds. The Balaban J connectivity index is 0.000000720. The summed E-state index contributed by atoms with van der Waals surface area (Å²) < 4.78 is 5.49. The van der Waals surface area contributed by atoms with Gasteiger partial charge in [-0.2, -0.15) is 0 Å². The van der Waals surface area contributed by atoms with Gasteiger partial charge in [0, 0.05) is 27.2 Å². The molecule has 0 aliphatic rings. The molecule has 65 valence electrons. The van der Waals surface area contributed by atoms with Gasteiger partial charge in [0.2, 0.25) is 0 Å². The molecule has 0 aromatic carbocycles. The standard InChI is InChI=1S/C6H5N4S.Ir/c1-10-4-7-6(9-10)5-2-8-11-3-5;/h3-4H,1H3;/q-1;. The quantitative estimate of drug-likeness (QED) is 0.707. The van der Waals surface area contributed by atoms with E-state index in [9.17, 15) is 0 Å². The van der Waals surface area contributed by atoms with Crippen LogP contribution in [0.5, 0.6) is 0 Å². The van der Waals surface area contributed by atoms with E-state index in [1.54, 1.807) is 11.0 Å². The number of aryl methyl sites for hydroxylation is 1. The summed E-state index contributed by atoms with van der Waals surface area (Å²) >= 11 is 1.35. The number of nitrogens with zero attached hydrogens (tertiary/aromatic N) is 4. The molecule has 2 aromatic heterocycles. The van der Waals surface area contributed by atoms with Gasteiger partial charge in [0.1, 0.15) is 0 Å². The van der Waals surface area contributed by atoms with E-state index in [4.69, 9.17) is 0 Å². The third-order valence-electron chi connectivity index (χ3n) is 1.23. The molecule has 0 saturated carbocycles. The van der Waals surface area contributed by atoms with E-state index in [-0.39, 0.29) is 20.1 Å². The van der Waals surface area contributed by atoms with E-state index >= 15 is 0 Å². The van der Waals surface area contributed by atoms with Crippen LogP contribution in [-0.4, -0.2) is 19.1 Å². The maximum atomic E-state index is 4.09. The fourth-order valence-electron chi connectivity index (χ4n) is 0.746. The average molecular weight is 357 g/mol. The molecule has 0 spiro atoms. The molecule has 2 aromatic rings. The summed E-state index contributed by atoms with van der Waals surface area (Å²) in [6.45, 7) is 0. The summed E-state index contributed by atoms with van der Waals surface area (Å²) in [5, 5.41) is 5.96. The Morgan fingerprint density at radius 1 is 1.58 bits per heavy atom. The average Bonchev–Trinajstić information content (AvgIpc) is 2.55. The zero-order chi connectivity index (χ0) is 7.68. The van der Waals surface area contributed by atoms with E-state index < -0.39 is 0 Å². The van der Waals surface area contributed by atoms with Crippen molar-refractivity contribution in [2.45, 2.75) is 0 Å². The first-order valence-corrected chi connectivity index (χ1v) is 3.88. The Kier molecular flexibility index (Phi) is 3.08. The van der Waals surface area contributed by atoms with Gasteiger partial charge in [-0.25, -0.2) is 5.10 Å². The van der Waals surface area contributed by atoms with Crippen LogP contribution in [0.2, 0.25) is 0 Å². The predicted molar refractivity (Wildman–Crippen MR) is 40.9 cm³/mol. The zero-order valence-electron chi connectivity index (χ0n) is 6.19. The molecule has 0 bridgehead atoms. The van der Waals surface area contributed by atoms with Gasteiger partial charge >= 0.3 is 0 Å². The van der Waals surface area contributed by atoms with Gasteiger partial charge in [0.05, 0.1) is 12.2 Å². The van der Waals surface area contributed by atoms with Gasteiger partial charge in [0.25, 0.3) is 0 Å². The van der Waals surface area contributed by atoms with Gasteiger partial charge < -0.3 is 0 Å². The molecule has 2 rings (SSSR count). The fraction of sp³-hybridized carbons (Fsp3) is 0.167. The normalized spacial score (nSPS) is 9.42. The second kappa shape index (κ2) is 3.89. The van der Waals surface area contributed by atoms with Crippen molar-refractivity contribution in [1.29, 1.82) is 0 Å². The monoisotopic (exact) mass is 358 g/mol. The summed E-state index contributed by atoms with van der Waals surface area (Å²) in [6.07, 6.45) is 4.45. The Bertz CT molecular complexity index is 342. The minimum Gasteiger partial charge on any atom is -0.282 e. The summed E-state index contributed by atoms with van der Waals surface area (Å²) in [6, 6.07) is 0. The van der Waals surface area contributed by atoms with Crippen LogP contribution in [0.1, 0.15) is 0 Å². The van der Waals surface area contributed by atoms with E-state index in [0.717, 1.165) is 5.56 Å². The van der Waals surface area contributed by atoms with Crippen LogP contribution < -0.4 is 0 Å².